The topological polar surface area (TPSA) is 55.5 Å². The molecule has 0 aromatic carbocycles. The summed E-state index contributed by atoms with van der Waals surface area (Å²) >= 11 is 5.66. The average Bonchev–Trinajstić information content (AvgIpc) is 2.85. The standard InChI is InChI=1S/C18H29N5O2S/c24-17(21-10-12-25-13-11-21)15-5-8-20(9-6-15)14-23-18(26)22-7-3-1-2-4-16(22)19-23/h15H,1-14H2. The van der Waals surface area contributed by atoms with E-state index in [1.54, 1.807) is 0 Å². The second kappa shape index (κ2) is 8.19. The average molecular weight is 380 g/mol. The Morgan fingerprint density at radius 1 is 1.08 bits per heavy atom. The normalized spacial score (nSPS) is 22.8. The van der Waals surface area contributed by atoms with Crippen LogP contribution >= 0.6 is 12.2 Å². The molecule has 1 aromatic heterocycles. The monoisotopic (exact) mass is 379 g/mol. The minimum atomic E-state index is 0.163. The lowest BCUT2D eigenvalue weighted by Gasteiger charge is -2.35. The lowest BCUT2D eigenvalue weighted by Crippen LogP contribution is -2.47. The minimum absolute atomic E-state index is 0.163. The van der Waals surface area contributed by atoms with Gasteiger partial charge in [-0.2, -0.15) is 5.10 Å². The Morgan fingerprint density at radius 3 is 2.62 bits per heavy atom. The van der Waals surface area contributed by atoms with Crippen molar-refractivity contribution in [2.45, 2.75) is 51.7 Å². The fraction of sp³-hybridized carbons (Fsp3) is 0.833. The van der Waals surface area contributed by atoms with Gasteiger partial charge in [0.1, 0.15) is 5.82 Å². The van der Waals surface area contributed by atoms with Crippen molar-refractivity contribution < 1.29 is 9.53 Å². The summed E-state index contributed by atoms with van der Waals surface area (Å²) in [6, 6.07) is 0. The van der Waals surface area contributed by atoms with E-state index in [9.17, 15) is 4.79 Å². The van der Waals surface area contributed by atoms with E-state index in [4.69, 9.17) is 22.1 Å². The Balaban J connectivity index is 1.33. The van der Waals surface area contributed by atoms with Gasteiger partial charge in [0.05, 0.1) is 19.9 Å². The van der Waals surface area contributed by atoms with E-state index < -0.39 is 0 Å². The first-order valence-corrected chi connectivity index (χ1v) is 10.4. The van der Waals surface area contributed by atoms with Gasteiger partial charge in [-0.05, 0) is 37.9 Å². The van der Waals surface area contributed by atoms with E-state index in [1.807, 2.05) is 9.58 Å². The summed E-state index contributed by atoms with van der Waals surface area (Å²) in [6.07, 6.45) is 6.56. The van der Waals surface area contributed by atoms with Crippen LogP contribution in [0.15, 0.2) is 0 Å². The molecular weight excluding hydrogens is 350 g/mol. The maximum Gasteiger partial charge on any atom is 0.225 e. The number of aryl methyl sites for hydroxylation is 1. The lowest BCUT2D eigenvalue weighted by atomic mass is 9.95. The Kier molecular flexibility index (Phi) is 5.71. The van der Waals surface area contributed by atoms with Crippen LogP contribution in [0.3, 0.4) is 0 Å². The Hall–Kier alpha value is -1.25. The van der Waals surface area contributed by atoms with Crippen LogP contribution < -0.4 is 0 Å². The summed E-state index contributed by atoms with van der Waals surface area (Å²) in [5.41, 5.74) is 0. The molecule has 0 bridgehead atoms. The van der Waals surface area contributed by atoms with E-state index in [2.05, 4.69) is 9.47 Å². The minimum Gasteiger partial charge on any atom is -0.378 e. The number of piperidine rings is 1. The third kappa shape index (κ3) is 3.87. The number of fused-ring (bicyclic) bond motifs is 1. The molecule has 3 aliphatic rings. The number of nitrogens with zero attached hydrogens (tertiary/aromatic N) is 5. The molecule has 0 unspecified atom stereocenters. The number of carbonyl (C=O) groups excluding carboxylic acids is 1. The zero-order valence-corrected chi connectivity index (χ0v) is 16.3. The highest BCUT2D eigenvalue weighted by Gasteiger charge is 2.29. The first-order valence-electron chi connectivity index (χ1n) is 9.98. The van der Waals surface area contributed by atoms with Crippen molar-refractivity contribution in [3.63, 3.8) is 0 Å². The maximum atomic E-state index is 12.7. The van der Waals surface area contributed by atoms with Crippen molar-refractivity contribution in [2.24, 2.45) is 5.92 Å². The summed E-state index contributed by atoms with van der Waals surface area (Å²) in [5, 5.41) is 4.78. The van der Waals surface area contributed by atoms with Gasteiger partial charge in [0.15, 0.2) is 4.77 Å². The van der Waals surface area contributed by atoms with Crippen LogP contribution in [0.1, 0.15) is 37.9 Å². The van der Waals surface area contributed by atoms with Crippen LogP contribution in [-0.2, 0) is 29.2 Å². The molecule has 2 fully saturated rings. The highest BCUT2D eigenvalue weighted by molar-refractivity contribution is 7.71. The maximum absolute atomic E-state index is 12.7. The second-order valence-electron chi connectivity index (χ2n) is 7.63. The molecule has 0 radical (unpaired) electrons. The number of aromatic nitrogens is 3. The second-order valence-corrected chi connectivity index (χ2v) is 8.00. The van der Waals surface area contributed by atoms with Crippen LogP contribution in [0.2, 0.25) is 0 Å². The summed E-state index contributed by atoms with van der Waals surface area (Å²) in [4.78, 5) is 17.0. The van der Waals surface area contributed by atoms with Crippen LogP contribution in [0, 0.1) is 10.7 Å². The molecular formula is C18H29N5O2S. The lowest BCUT2D eigenvalue weighted by molar-refractivity contribution is -0.141. The largest absolute Gasteiger partial charge is 0.378 e. The number of rotatable bonds is 3. The van der Waals surface area contributed by atoms with Gasteiger partial charge in [-0.25, -0.2) is 4.68 Å². The number of ether oxygens (including phenoxy) is 1. The predicted molar refractivity (Wildman–Crippen MR) is 100 cm³/mol. The van der Waals surface area contributed by atoms with Gasteiger partial charge < -0.3 is 14.2 Å². The number of hydrogen-bond donors (Lipinski definition) is 0. The van der Waals surface area contributed by atoms with Gasteiger partial charge in [-0.15, -0.1) is 0 Å². The van der Waals surface area contributed by atoms with Gasteiger partial charge in [-0.3, -0.25) is 9.69 Å². The van der Waals surface area contributed by atoms with Crippen molar-refractivity contribution >= 4 is 18.1 Å². The Morgan fingerprint density at radius 2 is 1.85 bits per heavy atom. The zero-order valence-electron chi connectivity index (χ0n) is 15.4. The highest BCUT2D eigenvalue weighted by Crippen LogP contribution is 2.21. The van der Waals surface area contributed by atoms with E-state index in [0.29, 0.717) is 19.1 Å². The van der Waals surface area contributed by atoms with Gasteiger partial charge in [-0.1, -0.05) is 6.42 Å². The number of morpholine rings is 1. The molecule has 0 aliphatic carbocycles. The van der Waals surface area contributed by atoms with Crippen LogP contribution in [0.5, 0.6) is 0 Å². The number of likely N-dealkylation sites (tertiary alicyclic amines) is 1. The Bertz CT molecular complexity index is 686. The molecule has 2 saturated heterocycles. The summed E-state index contributed by atoms with van der Waals surface area (Å²) < 4.78 is 10.4. The molecule has 3 aliphatic heterocycles. The van der Waals surface area contributed by atoms with E-state index in [-0.39, 0.29) is 5.92 Å². The molecule has 0 N–H and O–H groups in total. The van der Waals surface area contributed by atoms with Gasteiger partial charge >= 0.3 is 0 Å². The van der Waals surface area contributed by atoms with Crippen molar-refractivity contribution in [1.29, 1.82) is 0 Å². The van der Waals surface area contributed by atoms with Gasteiger partial charge in [0.2, 0.25) is 5.91 Å². The molecule has 26 heavy (non-hydrogen) atoms. The molecule has 4 rings (SSSR count). The molecule has 8 heteroatoms. The highest BCUT2D eigenvalue weighted by atomic mass is 32.1. The summed E-state index contributed by atoms with van der Waals surface area (Å²) in [7, 11) is 0. The van der Waals surface area contributed by atoms with E-state index in [1.165, 1.54) is 19.3 Å². The number of amides is 1. The molecule has 1 amide bonds. The Labute approximate surface area is 159 Å². The van der Waals surface area contributed by atoms with Gasteiger partial charge in [0, 0.05) is 45.1 Å². The fourth-order valence-electron chi connectivity index (χ4n) is 4.27. The first kappa shape index (κ1) is 18.1. The van der Waals surface area contributed by atoms with Crippen molar-refractivity contribution in [2.75, 3.05) is 39.4 Å². The molecule has 0 atom stereocenters. The smallest absolute Gasteiger partial charge is 0.225 e. The molecule has 144 valence electrons. The van der Waals surface area contributed by atoms with Crippen LogP contribution in [-0.4, -0.2) is 69.4 Å². The third-order valence-electron chi connectivity index (χ3n) is 5.88. The zero-order chi connectivity index (χ0) is 17.9. The summed E-state index contributed by atoms with van der Waals surface area (Å²) in [5.74, 6) is 1.62. The molecule has 0 saturated carbocycles. The van der Waals surface area contributed by atoms with E-state index >= 15 is 0 Å². The molecule has 7 nitrogen and oxygen atoms in total. The third-order valence-corrected chi connectivity index (χ3v) is 6.31. The van der Waals surface area contributed by atoms with Crippen LogP contribution in [0.4, 0.5) is 0 Å². The predicted octanol–water partition coefficient (Wildman–Crippen LogP) is 1.67. The molecule has 0 spiro atoms. The van der Waals surface area contributed by atoms with Crippen molar-refractivity contribution in [1.82, 2.24) is 24.1 Å². The SMILES string of the molecule is O=C(C1CCN(Cn2nc3n(c2=S)CCCCC3)CC1)N1CCOCC1. The quantitative estimate of drug-likeness (QED) is 0.748. The number of hydrogen-bond acceptors (Lipinski definition) is 5. The summed E-state index contributed by atoms with van der Waals surface area (Å²) in [6.45, 7) is 6.46. The molecule has 4 heterocycles. The first-order chi connectivity index (χ1) is 12.7. The van der Waals surface area contributed by atoms with Crippen molar-refractivity contribution in [3.8, 4) is 0 Å². The van der Waals surface area contributed by atoms with E-state index in [0.717, 1.165) is 69.3 Å². The van der Waals surface area contributed by atoms with Crippen molar-refractivity contribution in [3.05, 3.63) is 10.6 Å². The fourth-order valence-corrected chi connectivity index (χ4v) is 4.57. The van der Waals surface area contributed by atoms with Gasteiger partial charge in [0.25, 0.3) is 0 Å². The number of carbonyl (C=O) groups is 1. The molecule has 1 aromatic rings. The van der Waals surface area contributed by atoms with Crippen LogP contribution in [0.25, 0.3) is 0 Å².